The van der Waals surface area contributed by atoms with E-state index in [0.29, 0.717) is 24.5 Å². The van der Waals surface area contributed by atoms with Crippen molar-refractivity contribution >= 4 is 11.6 Å². The van der Waals surface area contributed by atoms with Gasteiger partial charge in [0, 0.05) is 30.9 Å². The molecule has 1 aromatic heterocycles. The number of piperidine rings is 1. The molecule has 1 N–H and O–H groups in total. The number of amides is 1. The van der Waals surface area contributed by atoms with Gasteiger partial charge in [-0.05, 0) is 44.0 Å². The second-order valence-corrected chi connectivity index (χ2v) is 5.56. The zero-order chi connectivity index (χ0) is 15.5. The summed E-state index contributed by atoms with van der Waals surface area (Å²) in [5.74, 6) is 0.260. The fourth-order valence-corrected chi connectivity index (χ4v) is 2.69. The molecule has 1 atom stereocenters. The van der Waals surface area contributed by atoms with E-state index in [1.165, 1.54) is 12.1 Å². The number of anilines is 1. The highest BCUT2D eigenvalue weighted by atomic mass is 19.1. The third-order valence-corrected chi connectivity index (χ3v) is 3.77. The summed E-state index contributed by atoms with van der Waals surface area (Å²) >= 11 is 0. The Labute approximate surface area is 128 Å². The van der Waals surface area contributed by atoms with E-state index in [2.05, 4.69) is 10.5 Å². The molecule has 6 heteroatoms. The number of nitrogens with zero attached hydrogens (tertiary/aromatic N) is 2. The van der Waals surface area contributed by atoms with Crippen molar-refractivity contribution in [1.82, 2.24) is 10.1 Å². The number of hydrogen-bond donors (Lipinski definition) is 1. The summed E-state index contributed by atoms with van der Waals surface area (Å²) in [4.78, 5) is 14.2. The minimum absolute atomic E-state index is 0.109. The molecular weight excluding hydrogens is 285 g/mol. The van der Waals surface area contributed by atoms with Crippen LogP contribution in [0.2, 0.25) is 0 Å². The molecule has 22 heavy (non-hydrogen) atoms. The third kappa shape index (κ3) is 3.27. The number of halogens is 1. The summed E-state index contributed by atoms with van der Waals surface area (Å²) in [5.41, 5.74) is 1.21. The first-order valence-electron chi connectivity index (χ1n) is 7.36. The normalized spacial score (nSPS) is 18.3. The first-order chi connectivity index (χ1) is 10.6. The second kappa shape index (κ2) is 6.17. The van der Waals surface area contributed by atoms with Gasteiger partial charge in [0.05, 0.1) is 0 Å². The number of aryl methyl sites for hydroxylation is 1. The van der Waals surface area contributed by atoms with Gasteiger partial charge in [-0.2, -0.15) is 0 Å². The number of benzene rings is 1. The molecule has 1 aliphatic rings. The van der Waals surface area contributed by atoms with E-state index < -0.39 is 0 Å². The van der Waals surface area contributed by atoms with E-state index in [1.807, 2.05) is 0 Å². The number of nitrogens with one attached hydrogen (secondary N) is 1. The van der Waals surface area contributed by atoms with Gasteiger partial charge in [0.25, 0.3) is 5.91 Å². The molecular formula is C16H18FN3O2. The Bertz CT molecular complexity index is 654. The van der Waals surface area contributed by atoms with Crippen molar-refractivity contribution in [1.29, 1.82) is 0 Å². The highest BCUT2D eigenvalue weighted by Crippen LogP contribution is 2.18. The second-order valence-electron chi connectivity index (χ2n) is 5.56. The molecule has 3 rings (SSSR count). The predicted octanol–water partition coefficient (Wildman–Crippen LogP) is 2.84. The number of hydrogen-bond acceptors (Lipinski definition) is 4. The smallest absolute Gasteiger partial charge is 0.276 e. The van der Waals surface area contributed by atoms with Gasteiger partial charge in [0.2, 0.25) is 0 Å². The van der Waals surface area contributed by atoms with Crippen LogP contribution in [0.4, 0.5) is 10.1 Å². The van der Waals surface area contributed by atoms with E-state index >= 15 is 0 Å². The Hall–Kier alpha value is -2.37. The number of rotatable bonds is 3. The van der Waals surface area contributed by atoms with Crippen LogP contribution in [0.1, 0.15) is 29.1 Å². The Balaban J connectivity index is 1.63. The lowest BCUT2D eigenvalue weighted by molar-refractivity contribution is 0.0704. The Morgan fingerprint density at radius 3 is 2.86 bits per heavy atom. The van der Waals surface area contributed by atoms with Gasteiger partial charge in [0.15, 0.2) is 5.69 Å². The predicted molar refractivity (Wildman–Crippen MR) is 80.2 cm³/mol. The minimum Gasteiger partial charge on any atom is -0.381 e. The van der Waals surface area contributed by atoms with Crippen molar-refractivity contribution in [2.45, 2.75) is 25.8 Å². The van der Waals surface area contributed by atoms with Crippen LogP contribution in [0.15, 0.2) is 34.9 Å². The van der Waals surface area contributed by atoms with Gasteiger partial charge in [-0.15, -0.1) is 0 Å². The number of likely N-dealkylation sites (tertiary alicyclic amines) is 1. The largest absolute Gasteiger partial charge is 0.381 e. The molecule has 1 aromatic carbocycles. The lowest BCUT2D eigenvalue weighted by atomic mass is 10.0. The monoisotopic (exact) mass is 303 g/mol. The van der Waals surface area contributed by atoms with Gasteiger partial charge in [0.1, 0.15) is 11.6 Å². The minimum atomic E-state index is -0.257. The summed E-state index contributed by atoms with van der Waals surface area (Å²) in [6.07, 6.45) is 1.89. The lowest BCUT2D eigenvalue weighted by Crippen LogP contribution is -2.45. The summed E-state index contributed by atoms with van der Waals surface area (Å²) in [5, 5.41) is 7.13. The number of carbonyl (C=O) groups is 1. The first-order valence-corrected chi connectivity index (χ1v) is 7.36. The fraction of sp³-hybridized carbons (Fsp3) is 0.375. The molecule has 1 saturated heterocycles. The molecule has 0 saturated carbocycles. The molecule has 5 nitrogen and oxygen atoms in total. The zero-order valence-corrected chi connectivity index (χ0v) is 12.4. The van der Waals surface area contributed by atoms with E-state index in [-0.39, 0.29) is 17.8 Å². The average Bonchev–Trinajstić information content (AvgIpc) is 2.96. The molecule has 1 amide bonds. The molecule has 0 unspecified atom stereocenters. The lowest BCUT2D eigenvalue weighted by Gasteiger charge is -2.33. The average molecular weight is 303 g/mol. The number of aromatic nitrogens is 1. The summed E-state index contributed by atoms with van der Waals surface area (Å²) in [7, 11) is 0. The number of carbonyl (C=O) groups excluding carboxylic acids is 1. The van der Waals surface area contributed by atoms with E-state index in [4.69, 9.17) is 4.52 Å². The topological polar surface area (TPSA) is 58.4 Å². The Morgan fingerprint density at radius 1 is 1.41 bits per heavy atom. The maximum Gasteiger partial charge on any atom is 0.276 e. The first kappa shape index (κ1) is 14.6. The molecule has 116 valence electrons. The van der Waals surface area contributed by atoms with Gasteiger partial charge in [-0.3, -0.25) is 4.79 Å². The Morgan fingerprint density at radius 2 is 2.18 bits per heavy atom. The molecule has 0 radical (unpaired) electrons. The summed E-state index contributed by atoms with van der Waals surface area (Å²) < 4.78 is 17.9. The Kier molecular flexibility index (Phi) is 4.09. The zero-order valence-electron chi connectivity index (χ0n) is 12.4. The molecule has 1 fully saturated rings. The standard InChI is InChI=1S/C16H18FN3O2/c1-11-9-15(19-22-11)16(21)20-8-2-3-14(10-20)18-13-6-4-12(17)5-7-13/h4-7,9,14,18H,2-3,8,10H2,1H3/t14-/m1/s1. The van der Waals surface area contributed by atoms with Crippen LogP contribution in [0.3, 0.4) is 0 Å². The molecule has 1 aliphatic heterocycles. The van der Waals surface area contributed by atoms with Crippen LogP contribution in [0.25, 0.3) is 0 Å². The van der Waals surface area contributed by atoms with Crippen LogP contribution in [-0.2, 0) is 0 Å². The van der Waals surface area contributed by atoms with Gasteiger partial charge in [-0.1, -0.05) is 5.16 Å². The highest BCUT2D eigenvalue weighted by Gasteiger charge is 2.26. The fourth-order valence-electron chi connectivity index (χ4n) is 2.69. The van der Waals surface area contributed by atoms with Crippen molar-refractivity contribution in [3.63, 3.8) is 0 Å². The molecule has 0 spiro atoms. The van der Waals surface area contributed by atoms with Crippen molar-refractivity contribution in [2.75, 3.05) is 18.4 Å². The van der Waals surface area contributed by atoms with Crippen molar-refractivity contribution in [3.05, 3.63) is 47.6 Å². The molecule has 2 aromatic rings. The quantitative estimate of drug-likeness (QED) is 0.947. The van der Waals surface area contributed by atoms with Crippen LogP contribution in [-0.4, -0.2) is 35.1 Å². The van der Waals surface area contributed by atoms with E-state index in [1.54, 1.807) is 30.0 Å². The van der Waals surface area contributed by atoms with Crippen molar-refractivity contribution in [2.24, 2.45) is 0 Å². The van der Waals surface area contributed by atoms with Crippen LogP contribution >= 0.6 is 0 Å². The maximum absolute atomic E-state index is 12.9. The summed E-state index contributed by atoms with van der Waals surface area (Å²) in [6, 6.07) is 8.06. The van der Waals surface area contributed by atoms with Gasteiger partial charge < -0.3 is 14.7 Å². The van der Waals surface area contributed by atoms with Crippen LogP contribution in [0.5, 0.6) is 0 Å². The molecule has 0 bridgehead atoms. The molecule has 2 heterocycles. The van der Waals surface area contributed by atoms with Crippen LogP contribution < -0.4 is 5.32 Å². The molecule has 0 aliphatic carbocycles. The summed E-state index contributed by atoms with van der Waals surface area (Å²) in [6.45, 7) is 3.08. The van der Waals surface area contributed by atoms with Gasteiger partial charge >= 0.3 is 0 Å². The van der Waals surface area contributed by atoms with E-state index in [0.717, 1.165) is 18.5 Å². The SMILES string of the molecule is Cc1cc(C(=O)N2CCC[C@@H](Nc3ccc(F)cc3)C2)no1. The van der Waals surface area contributed by atoms with Crippen LogP contribution in [0, 0.1) is 12.7 Å². The van der Waals surface area contributed by atoms with Crippen molar-refractivity contribution in [3.8, 4) is 0 Å². The highest BCUT2D eigenvalue weighted by molar-refractivity contribution is 5.92. The maximum atomic E-state index is 12.9. The van der Waals surface area contributed by atoms with Crippen molar-refractivity contribution < 1.29 is 13.7 Å². The third-order valence-electron chi connectivity index (χ3n) is 3.77. The van der Waals surface area contributed by atoms with E-state index in [9.17, 15) is 9.18 Å². The van der Waals surface area contributed by atoms with Gasteiger partial charge in [-0.25, -0.2) is 4.39 Å².